The van der Waals surface area contributed by atoms with Crippen LogP contribution in [-0.2, 0) is 0 Å². The summed E-state index contributed by atoms with van der Waals surface area (Å²) in [5.41, 5.74) is 0.436. The Hall–Kier alpha value is -1.50. The fourth-order valence-electron chi connectivity index (χ4n) is 2.13. The third kappa shape index (κ3) is 4.28. The lowest BCUT2D eigenvalue weighted by Gasteiger charge is -2.25. The van der Waals surface area contributed by atoms with Gasteiger partial charge < -0.3 is 14.6 Å². The maximum absolute atomic E-state index is 12.3. The summed E-state index contributed by atoms with van der Waals surface area (Å²) < 4.78 is 2.11. The number of hydrogen-bond acceptors (Lipinski definition) is 2. The fourth-order valence-corrected chi connectivity index (χ4v) is 2.75. The number of likely N-dealkylation sites (N-methyl/N-ethyl adjacent to an activating group) is 1. The Labute approximate surface area is 151 Å². The Balaban J connectivity index is 2.52. The number of aromatic nitrogens is 1. The number of pyridine rings is 1. The lowest BCUT2D eigenvalue weighted by atomic mass is 10.1. The Bertz CT molecular complexity index is 795. The smallest absolute Gasteiger partial charge is 0.407 e. The van der Waals surface area contributed by atoms with Crippen LogP contribution in [0.2, 0.25) is 10.0 Å². The van der Waals surface area contributed by atoms with Crippen molar-refractivity contribution >= 4 is 45.2 Å². The molecule has 0 aliphatic heterocycles. The van der Waals surface area contributed by atoms with Crippen LogP contribution in [0.5, 0.6) is 0 Å². The van der Waals surface area contributed by atoms with Crippen LogP contribution in [0.4, 0.5) is 4.79 Å². The Morgan fingerprint density at radius 3 is 2.57 bits per heavy atom. The lowest BCUT2D eigenvalue weighted by molar-refractivity contribution is 0.151. The van der Waals surface area contributed by atoms with Crippen LogP contribution in [0.25, 0.3) is 0 Å². The van der Waals surface area contributed by atoms with Gasteiger partial charge in [0.1, 0.15) is 0 Å². The van der Waals surface area contributed by atoms with Gasteiger partial charge in [0.25, 0.3) is 5.56 Å². The highest BCUT2D eigenvalue weighted by Crippen LogP contribution is 2.27. The van der Waals surface area contributed by atoms with Gasteiger partial charge in [-0.1, -0.05) is 45.2 Å². The molecule has 5 nitrogen and oxygen atoms in total. The van der Waals surface area contributed by atoms with E-state index >= 15 is 0 Å². The van der Waals surface area contributed by atoms with Gasteiger partial charge in [0.05, 0.1) is 16.1 Å². The van der Waals surface area contributed by atoms with Gasteiger partial charge in [0.2, 0.25) is 0 Å². The molecule has 0 aliphatic rings. The molecule has 0 saturated heterocycles. The van der Waals surface area contributed by atoms with Crippen LogP contribution in [0, 0.1) is 0 Å². The van der Waals surface area contributed by atoms with E-state index in [0.29, 0.717) is 20.1 Å². The number of carbonyl (C=O) groups is 1. The Morgan fingerprint density at radius 1 is 1.30 bits per heavy atom. The second-order valence-corrected chi connectivity index (χ2v) is 6.67. The minimum absolute atomic E-state index is 0.0921. The summed E-state index contributed by atoms with van der Waals surface area (Å²) in [6, 6.07) is 7.60. The molecule has 1 aromatic carbocycles. The highest BCUT2D eigenvalue weighted by molar-refractivity contribution is 9.10. The second-order valence-electron chi connectivity index (χ2n) is 4.94. The second kappa shape index (κ2) is 7.38. The third-order valence-corrected chi connectivity index (χ3v) is 4.58. The average molecular weight is 420 g/mol. The number of benzene rings is 1. The lowest BCUT2D eigenvalue weighted by Crippen LogP contribution is -2.36. The molecule has 2 rings (SSSR count). The van der Waals surface area contributed by atoms with Gasteiger partial charge in [0, 0.05) is 30.3 Å². The molecule has 1 N–H and O–H groups in total. The zero-order valence-corrected chi connectivity index (χ0v) is 15.1. The molecule has 1 heterocycles. The number of amides is 1. The molecule has 0 radical (unpaired) electrons. The molecule has 2 aromatic rings. The number of carboxylic acid groups (broad SMARTS) is 1. The molecular formula is C15H13BrCl2N2O3. The van der Waals surface area contributed by atoms with Crippen molar-refractivity contribution < 1.29 is 9.90 Å². The summed E-state index contributed by atoms with van der Waals surface area (Å²) in [6.45, 7) is 0.0921. The maximum atomic E-state index is 12.3. The molecular weight excluding hydrogens is 407 g/mol. The fraction of sp³-hybridized carbons (Fsp3) is 0.200. The molecule has 0 spiro atoms. The van der Waals surface area contributed by atoms with Crippen molar-refractivity contribution in [1.82, 2.24) is 9.47 Å². The summed E-state index contributed by atoms with van der Waals surface area (Å²) in [5.74, 6) is 0. The van der Waals surface area contributed by atoms with Crippen molar-refractivity contribution in [2.75, 3.05) is 13.6 Å². The zero-order valence-electron chi connectivity index (χ0n) is 12.0. The predicted octanol–water partition coefficient (Wildman–Crippen LogP) is 4.12. The van der Waals surface area contributed by atoms with E-state index in [-0.39, 0.29) is 12.1 Å². The monoisotopic (exact) mass is 418 g/mol. The van der Waals surface area contributed by atoms with Gasteiger partial charge in [-0.25, -0.2) is 4.79 Å². The van der Waals surface area contributed by atoms with Crippen molar-refractivity contribution in [2.45, 2.75) is 6.04 Å². The predicted molar refractivity (Wildman–Crippen MR) is 93.7 cm³/mol. The van der Waals surface area contributed by atoms with Crippen molar-refractivity contribution in [2.24, 2.45) is 0 Å². The van der Waals surface area contributed by atoms with E-state index in [9.17, 15) is 9.59 Å². The molecule has 0 fully saturated rings. The van der Waals surface area contributed by atoms with Crippen LogP contribution in [0.15, 0.2) is 45.8 Å². The number of nitrogens with zero attached hydrogens (tertiary/aromatic N) is 2. The van der Waals surface area contributed by atoms with Crippen LogP contribution in [0.1, 0.15) is 11.6 Å². The number of halogens is 3. The molecule has 23 heavy (non-hydrogen) atoms. The molecule has 1 aromatic heterocycles. The summed E-state index contributed by atoms with van der Waals surface area (Å²) in [5, 5.41) is 9.86. The highest BCUT2D eigenvalue weighted by atomic mass is 79.9. The van der Waals surface area contributed by atoms with Crippen molar-refractivity contribution in [3.05, 3.63) is 67.0 Å². The van der Waals surface area contributed by atoms with Crippen molar-refractivity contribution in [3.63, 3.8) is 0 Å². The normalized spacial score (nSPS) is 12.0. The molecule has 122 valence electrons. The first kappa shape index (κ1) is 17.8. The third-order valence-electron chi connectivity index (χ3n) is 3.35. The van der Waals surface area contributed by atoms with Crippen LogP contribution >= 0.6 is 39.1 Å². The molecule has 1 amide bonds. The largest absolute Gasteiger partial charge is 0.465 e. The summed E-state index contributed by atoms with van der Waals surface area (Å²) in [7, 11) is 1.44. The summed E-state index contributed by atoms with van der Waals surface area (Å²) in [6.07, 6.45) is 0.523. The number of hydrogen-bond donors (Lipinski definition) is 1. The van der Waals surface area contributed by atoms with E-state index in [1.807, 2.05) is 0 Å². The average Bonchev–Trinajstić information content (AvgIpc) is 2.48. The summed E-state index contributed by atoms with van der Waals surface area (Å²) in [4.78, 5) is 24.5. The molecule has 1 unspecified atom stereocenters. The van der Waals surface area contributed by atoms with Crippen LogP contribution in [-0.4, -0.2) is 34.3 Å². The Kier molecular flexibility index (Phi) is 5.73. The van der Waals surface area contributed by atoms with Crippen molar-refractivity contribution in [1.29, 1.82) is 0 Å². The van der Waals surface area contributed by atoms with Crippen LogP contribution in [0.3, 0.4) is 0 Å². The van der Waals surface area contributed by atoms with E-state index in [0.717, 1.165) is 4.90 Å². The van der Waals surface area contributed by atoms with Gasteiger partial charge >= 0.3 is 6.09 Å². The molecule has 0 aliphatic carbocycles. The van der Waals surface area contributed by atoms with E-state index in [1.165, 1.54) is 17.7 Å². The highest BCUT2D eigenvalue weighted by Gasteiger charge is 2.20. The molecule has 1 atom stereocenters. The topological polar surface area (TPSA) is 62.5 Å². The first-order valence-corrected chi connectivity index (χ1v) is 8.11. The SMILES string of the molecule is CN(CC(c1ccc(Cl)c(Cl)c1)n1ccc(Br)cc1=O)C(=O)O. The number of rotatable bonds is 4. The van der Waals surface area contributed by atoms with Crippen LogP contribution < -0.4 is 5.56 Å². The standard InChI is InChI=1S/C15H13BrCl2N2O3/c1-19(15(22)23)8-13(9-2-3-11(17)12(18)6-9)20-5-4-10(16)7-14(20)21/h2-7,13H,8H2,1H3,(H,22,23). The first-order valence-electron chi connectivity index (χ1n) is 6.56. The molecule has 0 bridgehead atoms. The van der Waals surface area contributed by atoms with Gasteiger partial charge in [-0.05, 0) is 23.8 Å². The quantitative estimate of drug-likeness (QED) is 0.810. The summed E-state index contributed by atoms with van der Waals surface area (Å²) >= 11 is 15.2. The molecule has 8 heteroatoms. The van der Waals surface area contributed by atoms with Gasteiger partial charge in [-0.3, -0.25) is 4.79 Å². The van der Waals surface area contributed by atoms with E-state index < -0.39 is 12.1 Å². The van der Waals surface area contributed by atoms with Gasteiger partial charge in [-0.15, -0.1) is 0 Å². The zero-order chi connectivity index (χ0) is 17.1. The minimum Gasteiger partial charge on any atom is -0.465 e. The molecule has 0 saturated carbocycles. The first-order chi connectivity index (χ1) is 10.8. The Morgan fingerprint density at radius 2 is 2.00 bits per heavy atom. The van der Waals surface area contributed by atoms with Gasteiger partial charge in [-0.2, -0.15) is 0 Å². The maximum Gasteiger partial charge on any atom is 0.407 e. The van der Waals surface area contributed by atoms with Crippen molar-refractivity contribution in [3.8, 4) is 0 Å². The van der Waals surface area contributed by atoms with E-state index in [4.69, 9.17) is 28.3 Å². The van der Waals surface area contributed by atoms with Gasteiger partial charge in [0.15, 0.2) is 0 Å². The van der Waals surface area contributed by atoms with E-state index in [1.54, 1.807) is 30.5 Å². The minimum atomic E-state index is -1.08. The van der Waals surface area contributed by atoms with E-state index in [2.05, 4.69) is 15.9 Å².